The van der Waals surface area contributed by atoms with E-state index >= 15 is 0 Å². The Bertz CT molecular complexity index is 1330. The minimum Gasteiger partial charge on any atom is -0.375 e. The van der Waals surface area contributed by atoms with E-state index in [2.05, 4.69) is 58.2 Å². The standard InChI is InChI=1S/C35H47F2N3O2/c1-21(2)39-16-13-30(33(20-39)29-10-9-28(36)19-34(29)37)35(42)38-14-11-27(12-15-38)32-18-24(6)23(5)17-31(32)25(7)40(22(3)4)26(8)41/h9-10,17-19,22,25,27,30,33H,1,11-16,20H2,2-8H3/t25-,30-,33+/m1/s1. The largest absolute Gasteiger partial charge is 0.375 e. The zero-order valence-corrected chi connectivity index (χ0v) is 26.3. The molecule has 0 N–H and O–H groups in total. The van der Waals surface area contributed by atoms with Gasteiger partial charge in [0.2, 0.25) is 11.8 Å². The van der Waals surface area contributed by atoms with Crippen LogP contribution in [0.4, 0.5) is 8.78 Å². The lowest BCUT2D eigenvalue weighted by atomic mass is 9.78. The second-order valence-electron chi connectivity index (χ2n) is 12.7. The van der Waals surface area contributed by atoms with Gasteiger partial charge in [0.1, 0.15) is 11.6 Å². The topological polar surface area (TPSA) is 43.9 Å². The molecule has 2 aromatic rings. The number of piperidine rings is 2. The number of rotatable bonds is 7. The van der Waals surface area contributed by atoms with Crippen molar-refractivity contribution in [2.75, 3.05) is 26.2 Å². The molecule has 2 aromatic carbocycles. The smallest absolute Gasteiger partial charge is 0.226 e. The maximum atomic E-state index is 15.0. The Morgan fingerprint density at radius 3 is 2.10 bits per heavy atom. The molecule has 0 aliphatic carbocycles. The first-order valence-corrected chi connectivity index (χ1v) is 15.3. The lowest BCUT2D eigenvalue weighted by molar-refractivity contribution is -0.139. The van der Waals surface area contributed by atoms with Gasteiger partial charge >= 0.3 is 0 Å². The van der Waals surface area contributed by atoms with E-state index in [1.165, 1.54) is 34.4 Å². The van der Waals surface area contributed by atoms with Crippen LogP contribution in [0.25, 0.3) is 0 Å². The van der Waals surface area contributed by atoms with Crippen molar-refractivity contribution in [1.29, 1.82) is 0 Å². The molecule has 0 radical (unpaired) electrons. The molecule has 2 heterocycles. The van der Waals surface area contributed by atoms with Crippen LogP contribution in [-0.2, 0) is 9.59 Å². The number of carbonyl (C=O) groups excluding carboxylic acids is 2. The molecule has 7 heteroatoms. The van der Waals surface area contributed by atoms with E-state index in [1.54, 1.807) is 6.92 Å². The lowest BCUT2D eigenvalue weighted by Crippen LogP contribution is -2.48. The van der Waals surface area contributed by atoms with Gasteiger partial charge in [-0.3, -0.25) is 9.59 Å². The molecule has 2 aliphatic heterocycles. The van der Waals surface area contributed by atoms with Crippen molar-refractivity contribution in [3.05, 3.63) is 82.1 Å². The van der Waals surface area contributed by atoms with E-state index < -0.39 is 11.6 Å². The monoisotopic (exact) mass is 579 g/mol. The third-order valence-electron chi connectivity index (χ3n) is 9.56. The van der Waals surface area contributed by atoms with Crippen LogP contribution in [-0.4, -0.2) is 58.7 Å². The van der Waals surface area contributed by atoms with E-state index in [0.29, 0.717) is 38.2 Å². The van der Waals surface area contributed by atoms with Crippen molar-refractivity contribution < 1.29 is 18.4 Å². The first kappa shape index (κ1) is 31.7. The number of hydrogen-bond donors (Lipinski definition) is 0. The van der Waals surface area contributed by atoms with Gasteiger partial charge in [0.25, 0.3) is 0 Å². The third kappa shape index (κ3) is 6.55. The first-order chi connectivity index (χ1) is 19.8. The summed E-state index contributed by atoms with van der Waals surface area (Å²) in [6, 6.07) is 8.23. The van der Waals surface area contributed by atoms with Gasteiger partial charge in [-0.25, -0.2) is 8.78 Å². The minimum atomic E-state index is -0.617. The van der Waals surface area contributed by atoms with E-state index in [-0.39, 0.29) is 41.7 Å². The Labute approximate surface area is 250 Å². The van der Waals surface area contributed by atoms with E-state index in [0.717, 1.165) is 24.6 Å². The average Bonchev–Trinajstić information content (AvgIpc) is 2.93. The fourth-order valence-corrected chi connectivity index (χ4v) is 7.17. The summed E-state index contributed by atoms with van der Waals surface area (Å²) in [5.41, 5.74) is 6.17. The summed E-state index contributed by atoms with van der Waals surface area (Å²) < 4.78 is 28.7. The predicted octanol–water partition coefficient (Wildman–Crippen LogP) is 7.24. The van der Waals surface area contributed by atoms with Crippen molar-refractivity contribution in [3.63, 3.8) is 0 Å². The zero-order valence-electron chi connectivity index (χ0n) is 26.3. The van der Waals surface area contributed by atoms with Gasteiger partial charge < -0.3 is 14.7 Å². The Morgan fingerprint density at radius 2 is 1.52 bits per heavy atom. The summed E-state index contributed by atoms with van der Waals surface area (Å²) >= 11 is 0. The fourth-order valence-electron chi connectivity index (χ4n) is 7.17. The van der Waals surface area contributed by atoms with E-state index in [9.17, 15) is 18.4 Å². The van der Waals surface area contributed by atoms with E-state index in [1.807, 2.05) is 16.7 Å². The van der Waals surface area contributed by atoms with Crippen LogP contribution >= 0.6 is 0 Å². The number of hydrogen-bond acceptors (Lipinski definition) is 3. The number of benzene rings is 2. The van der Waals surface area contributed by atoms with Crippen LogP contribution in [0.1, 0.15) is 99.6 Å². The normalized spacial score (nSPS) is 20.5. The molecule has 42 heavy (non-hydrogen) atoms. The number of aryl methyl sites for hydroxylation is 2. The van der Waals surface area contributed by atoms with Gasteiger partial charge in [0, 0.05) is 62.7 Å². The molecular formula is C35H47F2N3O2. The summed E-state index contributed by atoms with van der Waals surface area (Å²) in [4.78, 5) is 32.5. The average molecular weight is 580 g/mol. The highest BCUT2D eigenvalue weighted by Gasteiger charge is 2.40. The van der Waals surface area contributed by atoms with Crippen LogP contribution in [0.15, 0.2) is 42.6 Å². The highest BCUT2D eigenvalue weighted by molar-refractivity contribution is 5.80. The second kappa shape index (κ2) is 13.0. The van der Waals surface area contributed by atoms with Gasteiger partial charge in [-0.15, -0.1) is 0 Å². The number of allylic oxidation sites excluding steroid dienone is 1. The van der Waals surface area contributed by atoms with Crippen LogP contribution in [0.5, 0.6) is 0 Å². The Kier molecular flexibility index (Phi) is 9.79. The van der Waals surface area contributed by atoms with Crippen molar-refractivity contribution in [1.82, 2.24) is 14.7 Å². The van der Waals surface area contributed by atoms with Crippen LogP contribution in [0.3, 0.4) is 0 Å². The molecule has 2 amide bonds. The Balaban J connectivity index is 1.55. The molecule has 3 atom stereocenters. The summed E-state index contributed by atoms with van der Waals surface area (Å²) in [5.74, 6) is -1.56. The number of halogens is 2. The van der Waals surface area contributed by atoms with Crippen molar-refractivity contribution in [3.8, 4) is 0 Å². The van der Waals surface area contributed by atoms with Crippen molar-refractivity contribution >= 4 is 11.8 Å². The summed E-state index contributed by atoms with van der Waals surface area (Å²) in [6.07, 6.45) is 2.26. The van der Waals surface area contributed by atoms with Gasteiger partial charge in [-0.2, -0.15) is 0 Å². The Hall–Kier alpha value is -3.22. The molecule has 5 nitrogen and oxygen atoms in total. The molecule has 4 rings (SSSR count). The first-order valence-electron chi connectivity index (χ1n) is 15.3. The van der Waals surface area contributed by atoms with Crippen molar-refractivity contribution in [2.45, 2.75) is 91.6 Å². The maximum absolute atomic E-state index is 15.0. The van der Waals surface area contributed by atoms with Gasteiger partial charge in [-0.1, -0.05) is 24.8 Å². The highest BCUT2D eigenvalue weighted by Crippen LogP contribution is 2.40. The van der Waals surface area contributed by atoms with Crippen LogP contribution in [0, 0.1) is 31.4 Å². The maximum Gasteiger partial charge on any atom is 0.226 e. The number of carbonyl (C=O) groups is 2. The molecule has 0 spiro atoms. The fraction of sp³-hybridized carbons (Fsp3) is 0.543. The predicted molar refractivity (Wildman–Crippen MR) is 164 cm³/mol. The third-order valence-corrected chi connectivity index (χ3v) is 9.56. The second-order valence-corrected chi connectivity index (χ2v) is 12.7. The molecule has 0 bridgehead atoms. The molecule has 2 aliphatic rings. The number of likely N-dealkylation sites (tertiary alicyclic amines) is 2. The van der Waals surface area contributed by atoms with Gasteiger partial charge in [0.15, 0.2) is 0 Å². The molecule has 2 saturated heterocycles. The van der Waals surface area contributed by atoms with Crippen molar-refractivity contribution in [2.24, 2.45) is 5.92 Å². The SMILES string of the molecule is C=C(C)N1CC[C@@H](C(=O)N2CCC(c3cc(C)c(C)cc3[C@@H](C)N(C(C)=O)C(C)C)CC2)[C@H](c2ccc(F)cc2F)C1. The number of amides is 2. The number of nitrogens with zero attached hydrogens (tertiary/aromatic N) is 3. The molecule has 0 aromatic heterocycles. The quantitative estimate of drug-likeness (QED) is 0.347. The van der Waals surface area contributed by atoms with Crippen LogP contribution in [0.2, 0.25) is 0 Å². The van der Waals surface area contributed by atoms with Crippen LogP contribution < -0.4 is 0 Å². The van der Waals surface area contributed by atoms with Gasteiger partial charge in [0.05, 0.1) is 6.04 Å². The molecule has 0 unspecified atom stereocenters. The zero-order chi connectivity index (χ0) is 30.9. The summed E-state index contributed by atoms with van der Waals surface area (Å²) in [5, 5.41) is 0. The van der Waals surface area contributed by atoms with E-state index in [4.69, 9.17) is 0 Å². The molecule has 228 valence electrons. The highest BCUT2D eigenvalue weighted by atomic mass is 19.1. The Morgan fingerprint density at radius 1 is 0.905 bits per heavy atom. The molecule has 0 saturated carbocycles. The molecule has 2 fully saturated rings. The lowest BCUT2D eigenvalue weighted by Gasteiger charge is -2.43. The minimum absolute atomic E-state index is 0.0543. The van der Waals surface area contributed by atoms with Gasteiger partial charge in [-0.05, 0) is 101 Å². The summed E-state index contributed by atoms with van der Waals surface area (Å²) in [7, 11) is 0. The summed E-state index contributed by atoms with van der Waals surface area (Å²) in [6.45, 7) is 20.5. The molecular weight excluding hydrogens is 532 g/mol.